The molecule has 8 rings (SSSR count). The Hall–Kier alpha value is -4.77. The Bertz CT molecular complexity index is 1890. The average molecular weight is 605 g/mol. The summed E-state index contributed by atoms with van der Waals surface area (Å²) in [5, 5.41) is 23.2. The molecule has 2 saturated carbocycles. The number of hydrogen-bond donors (Lipinski definition) is 2. The van der Waals surface area contributed by atoms with Gasteiger partial charge in [0.1, 0.15) is 11.6 Å². The number of urea groups is 1. The normalized spacial score (nSPS) is 23.0. The topological polar surface area (TPSA) is 125 Å². The summed E-state index contributed by atoms with van der Waals surface area (Å²) >= 11 is 0. The minimum absolute atomic E-state index is 0.00427. The first-order chi connectivity index (χ1) is 21.7. The fraction of sp³-hybridized carbons (Fsp3) is 0.382. The number of nitrogens with one attached hydrogen (secondary N) is 1. The molecule has 2 N–H and O–H groups in total. The molecule has 3 aliphatic rings. The lowest BCUT2D eigenvalue weighted by atomic mass is 9.99. The van der Waals surface area contributed by atoms with Gasteiger partial charge in [-0.3, -0.25) is 4.68 Å². The molecule has 4 heterocycles. The lowest BCUT2D eigenvalue weighted by molar-refractivity contribution is 0.151. The molecule has 3 fully saturated rings. The summed E-state index contributed by atoms with van der Waals surface area (Å²) in [4.78, 5) is 27.7. The second kappa shape index (κ2) is 10.4. The van der Waals surface area contributed by atoms with Crippen molar-refractivity contribution >= 4 is 22.8 Å². The van der Waals surface area contributed by atoms with Crippen molar-refractivity contribution < 1.29 is 14.4 Å². The number of rotatable bonds is 6. The fourth-order valence-corrected chi connectivity index (χ4v) is 6.52. The number of carbonyl (C=O) groups is 1. The second-order valence-corrected chi connectivity index (χ2v) is 12.9. The van der Waals surface area contributed by atoms with Crippen LogP contribution < -0.4 is 10.2 Å². The molecule has 11 nitrogen and oxygen atoms in total. The molecule has 1 saturated heterocycles. The summed E-state index contributed by atoms with van der Waals surface area (Å²) in [6.07, 6.45) is 6.45. The van der Waals surface area contributed by atoms with Crippen LogP contribution in [0.5, 0.6) is 0 Å². The molecule has 1 aliphatic heterocycles. The number of fused-ring (bicyclic) bond motifs is 1. The SMILES string of the molecule is Cc1noc(C)c1-c1ccc2nc(-c3cnn(C4CC4(C)O)c3)nc(N3CCN(C(=O)NC4CC4)C[C@@H]3c3ccccc3)c2c1. The molecule has 45 heavy (non-hydrogen) atoms. The molecule has 3 atom stereocenters. The number of benzene rings is 2. The van der Waals surface area contributed by atoms with E-state index in [1.54, 1.807) is 6.20 Å². The highest BCUT2D eigenvalue weighted by Gasteiger charge is 2.50. The molecule has 2 aromatic carbocycles. The minimum atomic E-state index is -0.748. The van der Waals surface area contributed by atoms with E-state index < -0.39 is 5.60 Å². The van der Waals surface area contributed by atoms with Crippen LogP contribution in [0.4, 0.5) is 10.6 Å². The molecule has 230 valence electrons. The Morgan fingerprint density at radius 1 is 1.07 bits per heavy atom. The summed E-state index contributed by atoms with van der Waals surface area (Å²) in [6.45, 7) is 7.40. The van der Waals surface area contributed by atoms with Crippen molar-refractivity contribution in [2.24, 2.45) is 0 Å². The van der Waals surface area contributed by atoms with Gasteiger partial charge in [0.05, 0.1) is 40.7 Å². The third kappa shape index (κ3) is 5.10. The number of aromatic nitrogens is 5. The number of piperazine rings is 1. The van der Waals surface area contributed by atoms with Crippen molar-refractivity contribution in [3.8, 4) is 22.5 Å². The van der Waals surface area contributed by atoms with Gasteiger partial charge in [-0.05, 0) is 56.9 Å². The molecule has 3 aromatic heterocycles. The molecule has 0 radical (unpaired) electrons. The highest BCUT2D eigenvalue weighted by Crippen LogP contribution is 2.47. The van der Waals surface area contributed by atoms with Crippen LogP contribution >= 0.6 is 0 Å². The number of anilines is 1. The van der Waals surface area contributed by atoms with Gasteiger partial charge >= 0.3 is 6.03 Å². The van der Waals surface area contributed by atoms with Crippen molar-refractivity contribution in [2.75, 3.05) is 24.5 Å². The number of aliphatic hydroxyl groups is 1. The molecule has 11 heteroatoms. The van der Waals surface area contributed by atoms with Gasteiger partial charge in [0.2, 0.25) is 0 Å². The number of aryl methyl sites for hydroxylation is 2. The van der Waals surface area contributed by atoms with Gasteiger partial charge in [-0.25, -0.2) is 14.8 Å². The summed E-state index contributed by atoms with van der Waals surface area (Å²) in [5.41, 5.74) is 4.73. The number of nitrogens with zero attached hydrogens (tertiary/aromatic N) is 7. The zero-order valence-corrected chi connectivity index (χ0v) is 25.6. The van der Waals surface area contributed by atoms with Crippen molar-refractivity contribution in [1.29, 1.82) is 0 Å². The molecule has 2 aliphatic carbocycles. The van der Waals surface area contributed by atoms with Crippen LogP contribution in [0, 0.1) is 13.8 Å². The summed E-state index contributed by atoms with van der Waals surface area (Å²) in [6, 6.07) is 16.6. The van der Waals surface area contributed by atoms with E-state index in [4.69, 9.17) is 14.5 Å². The Balaban J connectivity index is 1.25. The lowest BCUT2D eigenvalue weighted by Crippen LogP contribution is -2.53. The standard InChI is InChI=1S/C34H36N8O3/c1-20-30(21(2)45-39-20)23-9-12-27-26(15-23)32(38-31(37-27)24-17-35-42(18-24)29-16-34(29,3)44)41-14-13-40(33(43)36-25-10-11-25)19-28(41)22-7-5-4-6-8-22/h4-9,12,15,17-18,25,28-29,44H,10-11,13-14,16,19H2,1-3H3,(H,36,43)/t28-,29?,34?/m1/s1. The maximum atomic E-state index is 13.2. The first-order valence-electron chi connectivity index (χ1n) is 15.6. The van der Waals surface area contributed by atoms with Gasteiger partial charge in [-0.1, -0.05) is 41.6 Å². The molecular weight excluding hydrogens is 568 g/mol. The van der Waals surface area contributed by atoms with Crippen LogP contribution in [-0.2, 0) is 0 Å². The smallest absolute Gasteiger partial charge is 0.317 e. The van der Waals surface area contributed by atoms with Crippen molar-refractivity contribution in [1.82, 2.24) is 35.1 Å². The Morgan fingerprint density at radius 3 is 2.58 bits per heavy atom. The largest absolute Gasteiger partial charge is 0.388 e. The fourth-order valence-electron chi connectivity index (χ4n) is 6.52. The zero-order chi connectivity index (χ0) is 30.9. The number of amides is 2. The van der Waals surface area contributed by atoms with Gasteiger partial charge in [0, 0.05) is 49.2 Å². The summed E-state index contributed by atoms with van der Waals surface area (Å²) in [5.74, 6) is 2.12. The van der Waals surface area contributed by atoms with E-state index in [0.717, 1.165) is 63.3 Å². The van der Waals surface area contributed by atoms with Crippen LogP contribution in [0.3, 0.4) is 0 Å². The van der Waals surface area contributed by atoms with Gasteiger partial charge in [-0.2, -0.15) is 5.10 Å². The molecule has 2 amide bonds. The highest BCUT2D eigenvalue weighted by atomic mass is 16.5. The lowest BCUT2D eigenvalue weighted by Gasteiger charge is -2.42. The molecular formula is C34H36N8O3. The first-order valence-corrected chi connectivity index (χ1v) is 15.6. The Morgan fingerprint density at radius 2 is 1.87 bits per heavy atom. The van der Waals surface area contributed by atoms with Crippen LogP contribution in [0.2, 0.25) is 0 Å². The third-order valence-corrected chi connectivity index (χ3v) is 9.37. The van der Waals surface area contributed by atoms with Crippen LogP contribution in [0.25, 0.3) is 33.4 Å². The summed E-state index contributed by atoms with van der Waals surface area (Å²) < 4.78 is 7.32. The van der Waals surface area contributed by atoms with Crippen molar-refractivity contribution in [2.45, 2.75) is 63.8 Å². The first kappa shape index (κ1) is 27.8. The van der Waals surface area contributed by atoms with Crippen molar-refractivity contribution in [3.05, 3.63) is 77.9 Å². The maximum absolute atomic E-state index is 13.2. The number of hydrogen-bond acceptors (Lipinski definition) is 8. The Labute approximate surface area is 260 Å². The van der Waals surface area contributed by atoms with E-state index in [2.05, 4.69) is 44.7 Å². The average Bonchev–Trinajstić information content (AvgIpc) is 3.87. The zero-order valence-electron chi connectivity index (χ0n) is 25.6. The van der Waals surface area contributed by atoms with Gasteiger partial charge in [-0.15, -0.1) is 0 Å². The highest BCUT2D eigenvalue weighted by molar-refractivity contribution is 5.95. The maximum Gasteiger partial charge on any atom is 0.317 e. The Kier molecular flexibility index (Phi) is 6.42. The molecule has 0 spiro atoms. The van der Waals surface area contributed by atoms with E-state index in [1.807, 2.05) is 60.8 Å². The molecule has 0 bridgehead atoms. The van der Waals surface area contributed by atoms with Crippen LogP contribution in [-0.4, -0.2) is 72.2 Å². The molecule has 5 aromatic rings. The molecule has 2 unspecified atom stereocenters. The second-order valence-electron chi connectivity index (χ2n) is 12.9. The van der Waals surface area contributed by atoms with Crippen molar-refractivity contribution in [3.63, 3.8) is 0 Å². The quantitative estimate of drug-likeness (QED) is 0.271. The van der Waals surface area contributed by atoms with Crippen LogP contribution in [0.1, 0.15) is 55.3 Å². The predicted octanol–water partition coefficient (Wildman–Crippen LogP) is 5.20. The van der Waals surface area contributed by atoms with Gasteiger partial charge in [0.25, 0.3) is 0 Å². The number of carbonyl (C=O) groups excluding carboxylic acids is 1. The monoisotopic (exact) mass is 604 g/mol. The van der Waals surface area contributed by atoms with E-state index in [-0.39, 0.29) is 18.1 Å². The summed E-state index contributed by atoms with van der Waals surface area (Å²) in [7, 11) is 0. The van der Waals surface area contributed by atoms with Gasteiger partial charge in [0.15, 0.2) is 5.82 Å². The van der Waals surface area contributed by atoms with E-state index >= 15 is 0 Å². The minimum Gasteiger partial charge on any atom is -0.388 e. The van der Waals surface area contributed by atoms with Gasteiger partial charge < -0.3 is 24.7 Å². The van der Waals surface area contributed by atoms with E-state index in [9.17, 15) is 9.90 Å². The predicted molar refractivity (Wildman–Crippen MR) is 170 cm³/mol. The van der Waals surface area contributed by atoms with Crippen LogP contribution in [0.15, 0.2) is 65.4 Å². The van der Waals surface area contributed by atoms with E-state index in [1.165, 1.54) is 0 Å². The van der Waals surface area contributed by atoms with E-state index in [0.29, 0.717) is 37.9 Å². The third-order valence-electron chi connectivity index (χ3n) is 9.37.